The van der Waals surface area contributed by atoms with Crippen LogP contribution in [0.1, 0.15) is 6.92 Å². The Morgan fingerprint density at radius 3 is 2.14 bits per heavy atom. The zero-order valence-corrected chi connectivity index (χ0v) is 12.7. The molecule has 0 saturated heterocycles. The summed E-state index contributed by atoms with van der Waals surface area (Å²) in [5.41, 5.74) is 0. The lowest BCUT2D eigenvalue weighted by atomic mass is 10.4. The van der Waals surface area contributed by atoms with E-state index in [-0.39, 0.29) is 6.54 Å². The minimum atomic E-state index is -0.472. The van der Waals surface area contributed by atoms with Crippen LogP contribution >= 0.6 is 0 Å². The number of hydrogen-bond donors (Lipinski definition) is 1. The molecule has 1 rings (SSSR count). The third kappa shape index (κ3) is 7.30. The van der Waals surface area contributed by atoms with Gasteiger partial charge in [-0.2, -0.15) is 0 Å². The van der Waals surface area contributed by atoms with Crippen molar-refractivity contribution in [3.05, 3.63) is 12.2 Å². The van der Waals surface area contributed by atoms with E-state index in [2.05, 4.69) is 5.32 Å². The zero-order valence-electron chi connectivity index (χ0n) is 12.7. The average molecular weight is 314 g/mol. The predicted octanol–water partition coefficient (Wildman–Crippen LogP) is -0.903. The largest absolute Gasteiger partial charge is 0.379 e. The second kappa shape index (κ2) is 10.9. The molecule has 22 heavy (non-hydrogen) atoms. The highest BCUT2D eigenvalue weighted by Crippen LogP contribution is 2.01. The van der Waals surface area contributed by atoms with E-state index in [0.29, 0.717) is 46.2 Å². The van der Waals surface area contributed by atoms with E-state index in [4.69, 9.17) is 14.2 Å². The van der Waals surface area contributed by atoms with Crippen LogP contribution in [0.4, 0.5) is 0 Å². The van der Waals surface area contributed by atoms with Crippen molar-refractivity contribution in [1.29, 1.82) is 0 Å². The molecule has 0 aromatic rings. The molecule has 1 heterocycles. The third-order valence-corrected chi connectivity index (χ3v) is 2.72. The summed E-state index contributed by atoms with van der Waals surface area (Å²) >= 11 is 0. The van der Waals surface area contributed by atoms with Gasteiger partial charge in [0, 0.05) is 25.3 Å². The maximum absolute atomic E-state index is 11.5. The summed E-state index contributed by atoms with van der Waals surface area (Å²) in [7, 11) is 0. The van der Waals surface area contributed by atoms with Crippen molar-refractivity contribution in [3.8, 4) is 0 Å². The average Bonchev–Trinajstić information content (AvgIpc) is 2.81. The molecule has 124 valence electrons. The minimum Gasteiger partial charge on any atom is -0.379 e. The Hall–Kier alpha value is -1.77. The van der Waals surface area contributed by atoms with E-state index in [1.807, 2.05) is 6.92 Å². The van der Waals surface area contributed by atoms with Crippen molar-refractivity contribution in [2.24, 2.45) is 0 Å². The summed E-state index contributed by atoms with van der Waals surface area (Å²) in [6, 6.07) is 0. The quantitative estimate of drug-likeness (QED) is 0.370. The van der Waals surface area contributed by atoms with Crippen LogP contribution in [0.25, 0.3) is 0 Å². The van der Waals surface area contributed by atoms with E-state index in [9.17, 15) is 14.4 Å². The van der Waals surface area contributed by atoms with Gasteiger partial charge in [0.1, 0.15) is 6.54 Å². The highest BCUT2D eigenvalue weighted by molar-refractivity contribution is 6.14. The van der Waals surface area contributed by atoms with Crippen LogP contribution in [0.15, 0.2) is 12.2 Å². The molecular formula is C14H22N2O6. The first-order valence-electron chi connectivity index (χ1n) is 7.18. The summed E-state index contributed by atoms with van der Waals surface area (Å²) in [6.45, 7) is 4.94. The first kappa shape index (κ1) is 18.3. The molecule has 0 aliphatic carbocycles. The predicted molar refractivity (Wildman–Crippen MR) is 77.0 cm³/mol. The van der Waals surface area contributed by atoms with E-state index in [0.717, 1.165) is 17.1 Å². The molecule has 0 radical (unpaired) electrons. The standard InChI is InChI=1S/C14H22N2O6/c1-2-20-7-8-22-10-9-21-6-5-15-12(17)11-16-13(18)3-4-14(16)19/h3-4H,2,5-11H2,1H3,(H,15,17). The molecule has 0 unspecified atom stereocenters. The fourth-order valence-corrected chi connectivity index (χ4v) is 1.63. The number of hydrogen-bond acceptors (Lipinski definition) is 6. The highest BCUT2D eigenvalue weighted by Gasteiger charge is 2.25. The maximum Gasteiger partial charge on any atom is 0.254 e. The molecular weight excluding hydrogens is 292 g/mol. The summed E-state index contributed by atoms with van der Waals surface area (Å²) < 4.78 is 15.6. The van der Waals surface area contributed by atoms with Gasteiger partial charge in [0.15, 0.2) is 0 Å². The number of carbonyl (C=O) groups excluding carboxylic acids is 3. The van der Waals surface area contributed by atoms with Gasteiger partial charge in [0.2, 0.25) is 5.91 Å². The molecule has 1 aliphatic heterocycles. The topological polar surface area (TPSA) is 94.2 Å². The van der Waals surface area contributed by atoms with Crippen LogP contribution in [0, 0.1) is 0 Å². The van der Waals surface area contributed by atoms with E-state index >= 15 is 0 Å². The number of nitrogens with zero attached hydrogens (tertiary/aromatic N) is 1. The van der Waals surface area contributed by atoms with Crippen molar-refractivity contribution < 1.29 is 28.6 Å². The van der Waals surface area contributed by atoms with Crippen molar-refractivity contribution in [1.82, 2.24) is 10.2 Å². The minimum absolute atomic E-state index is 0.273. The molecule has 1 N–H and O–H groups in total. The maximum atomic E-state index is 11.5. The van der Waals surface area contributed by atoms with Crippen LogP contribution in [0.2, 0.25) is 0 Å². The van der Waals surface area contributed by atoms with Crippen LogP contribution < -0.4 is 5.32 Å². The SMILES string of the molecule is CCOCCOCCOCCNC(=O)CN1C(=O)C=CC1=O. The summed E-state index contributed by atoms with van der Waals surface area (Å²) in [5, 5.41) is 2.57. The molecule has 0 bridgehead atoms. The normalized spacial score (nSPS) is 14.0. The van der Waals surface area contributed by atoms with Crippen molar-refractivity contribution in [3.63, 3.8) is 0 Å². The first-order chi connectivity index (χ1) is 10.6. The molecule has 0 aromatic carbocycles. The molecule has 8 nitrogen and oxygen atoms in total. The Morgan fingerprint density at radius 1 is 1.00 bits per heavy atom. The van der Waals surface area contributed by atoms with Crippen LogP contribution in [-0.4, -0.2) is 75.4 Å². The van der Waals surface area contributed by atoms with Gasteiger partial charge in [0.25, 0.3) is 11.8 Å². The van der Waals surface area contributed by atoms with E-state index < -0.39 is 17.7 Å². The molecule has 0 fully saturated rings. The van der Waals surface area contributed by atoms with Gasteiger partial charge in [-0.3, -0.25) is 19.3 Å². The molecule has 0 aromatic heterocycles. The van der Waals surface area contributed by atoms with E-state index in [1.165, 1.54) is 0 Å². The summed E-state index contributed by atoms with van der Waals surface area (Å²) in [6.07, 6.45) is 2.29. The monoisotopic (exact) mass is 314 g/mol. The number of carbonyl (C=O) groups is 3. The van der Waals surface area contributed by atoms with Gasteiger partial charge in [-0.05, 0) is 6.92 Å². The molecule has 0 spiro atoms. The number of rotatable bonds is 12. The lowest BCUT2D eigenvalue weighted by Crippen LogP contribution is -2.41. The molecule has 1 aliphatic rings. The second-order valence-corrected chi connectivity index (χ2v) is 4.37. The summed E-state index contributed by atoms with van der Waals surface area (Å²) in [5.74, 6) is -1.34. The number of nitrogens with one attached hydrogen (secondary N) is 1. The third-order valence-electron chi connectivity index (χ3n) is 2.72. The summed E-state index contributed by atoms with van der Waals surface area (Å²) in [4.78, 5) is 34.9. The lowest BCUT2D eigenvalue weighted by molar-refractivity contribution is -0.141. The fourth-order valence-electron chi connectivity index (χ4n) is 1.63. The lowest BCUT2D eigenvalue weighted by Gasteiger charge is -2.13. The Kier molecular flexibility index (Phi) is 9.04. The van der Waals surface area contributed by atoms with Gasteiger partial charge >= 0.3 is 0 Å². The van der Waals surface area contributed by atoms with E-state index in [1.54, 1.807) is 0 Å². The Morgan fingerprint density at radius 2 is 1.55 bits per heavy atom. The van der Waals surface area contributed by atoms with Crippen molar-refractivity contribution in [2.75, 3.05) is 52.7 Å². The van der Waals surface area contributed by atoms with Crippen LogP contribution in [0.5, 0.6) is 0 Å². The molecule has 3 amide bonds. The zero-order chi connectivity index (χ0) is 16.2. The van der Waals surface area contributed by atoms with Gasteiger partial charge in [-0.1, -0.05) is 0 Å². The highest BCUT2D eigenvalue weighted by atomic mass is 16.5. The second-order valence-electron chi connectivity index (χ2n) is 4.37. The molecule has 8 heteroatoms. The number of ether oxygens (including phenoxy) is 3. The Balaban J connectivity index is 1.93. The van der Waals surface area contributed by atoms with Crippen LogP contribution in [0.3, 0.4) is 0 Å². The van der Waals surface area contributed by atoms with Gasteiger partial charge in [0.05, 0.1) is 33.0 Å². The Bertz CT molecular complexity index is 392. The smallest absolute Gasteiger partial charge is 0.254 e. The molecule has 0 atom stereocenters. The van der Waals surface area contributed by atoms with Gasteiger partial charge < -0.3 is 19.5 Å². The van der Waals surface area contributed by atoms with Gasteiger partial charge in [-0.15, -0.1) is 0 Å². The number of imide groups is 1. The Labute approximate surface area is 129 Å². The van der Waals surface area contributed by atoms with Crippen LogP contribution in [-0.2, 0) is 28.6 Å². The number of amides is 3. The van der Waals surface area contributed by atoms with Crippen molar-refractivity contribution >= 4 is 17.7 Å². The first-order valence-corrected chi connectivity index (χ1v) is 7.18. The van der Waals surface area contributed by atoms with Crippen molar-refractivity contribution in [2.45, 2.75) is 6.92 Å². The fraction of sp³-hybridized carbons (Fsp3) is 0.643. The van der Waals surface area contributed by atoms with Gasteiger partial charge in [-0.25, -0.2) is 0 Å². The molecule has 0 saturated carbocycles.